The molecule has 1 aromatic heterocycles. The number of aromatic nitrogens is 1. The van der Waals surface area contributed by atoms with E-state index in [0.29, 0.717) is 25.6 Å². The van der Waals surface area contributed by atoms with Gasteiger partial charge in [-0.1, -0.05) is 22.6 Å². The average Bonchev–Trinajstić information content (AvgIpc) is 2.78. The van der Waals surface area contributed by atoms with Crippen molar-refractivity contribution >= 4 is 39.9 Å². The molecule has 2 atom stereocenters. The number of nitrogens with zero attached hydrogens (tertiary/aromatic N) is 2. The van der Waals surface area contributed by atoms with Crippen LogP contribution in [-0.4, -0.2) is 57.0 Å². The fraction of sp³-hybridized carbons (Fsp3) is 0.455. The van der Waals surface area contributed by atoms with Crippen LogP contribution in [0.15, 0.2) is 47.5 Å². The van der Waals surface area contributed by atoms with Gasteiger partial charge in [0.05, 0.1) is 18.5 Å². The molecule has 30 heavy (non-hydrogen) atoms. The summed E-state index contributed by atoms with van der Waals surface area (Å²) in [6, 6.07) is 11.4. The molecule has 0 N–H and O–H groups in total. The normalized spacial score (nSPS) is 16.7. The molecule has 1 saturated heterocycles. The van der Waals surface area contributed by atoms with Crippen LogP contribution in [0.3, 0.4) is 0 Å². The Morgan fingerprint density at radius 3 is 2.53 bits per heavy atom. The molecule has 162 valence electrons. The van der Waals surface area contributed by atoms with E-state index in [1.54, 1.807) is 17.4 Å². The Morgan fingerprint density at radius 1 is 1.27 bits per heavy atom. The standard InChI is InChI=1S/C22H27IN2O4S/c1-16(13-23)29-22(26)25-11-9-17(10-12-25)15-28-19-5-8-21(24-14-19)18-3-6-20(7-4-18)30(2)27/h3-8,14,16-17H,9-13,15H2,1-2H3. The van der Waals surface area contributed by atoms with Crippen molar-refractivity contribution in [2.24, 2.45) is 5.92 Å². The Morgan fingerprint density at radius 2 is 1.97 bits per heavy atom. The fourth-order valence-electron chi connectivity index (χ4n) is 3.23. The van der Waals surface area contributed by atoms with E-state index in [-0.39, 0.29) is 12.2 Å². The zero-order chi connectivity index (χ0) is 21.5. The van der Waals surface area contributed by atoms with Crippen molar-refractivity contribution in [1.82, 2.24) is 9.88 Å². The molecule has 2 heterocycles. The van der Waals surface area contributed by atoms with Gasteiger partial charge < -0.3 is 18.9 Å². The SMILES string of the molecule is CC(CI)OC(=O)N1CCC(COc2ccc(-c3ccc([S+](C)[O-])cc3)nc2)CC1. The van der Waals surface area contributed by atoms with Crippen LogP contribution in [-0.2, 0) is 15.9 Å². The minimum absolute atomic E-state index is 0.0526. The second-order valence-corrected chi connectivity index (χ2v) is 9.71. The van der Waals surface area contributed by atoms with Gasteiger partial charge in [-0.15, -0.1) is 0 Å². The Bertz CT molecular complexity index is 809. The molecule has 6 nitrogen and oxygen atoms in total. The van der Waals surface area contributed by atoms with Gasteiger partial charge in [-0.25, -0.2) is 4.79 Å². The average molecular weight is 542 g/mol. The lowest BCUT2D eigenvalue weighted by atomic mass is 9.98. The summed E-state index contributed by atoms with van der Waals surface area (Å²) >= 11 is 1.24. The van der Waals surface area contributed by atoms with Crippen LogP contribution in [0.1, 0.15) is 19.8 Å². The third kappa shape index (κ3) is 6.49. The van der Waals surface area contributed by atoms with Gasteiger partial charge in [0.1, 0.15) is 18.1 Å². The maximum atomic E-state index is 12.1. The molecule has 0 radical (unpaired) electrons. The quantitative estimate of drug-likeness (QED) is 0.292. The van der Waals surface area contributed by atoms with Gasteiger partial charge in [-0.2, -0.15) is 0 Å². The highest BCUT2D eigenvalue weighted by Gasteiger charge is 2.25. The van der Waals surface area contributed by atoms with E-state index in [0.717, 1.165) is 39.2 Å². The van der Waals surface area contributed by atoms with Gasteiger partial charge >= 0.3 is 6.09 Å². The molecular formula is C22H27IN2O4S. The number of rotatable bonds is 7. The Labute approximate surface area is 194 Å². The van der Waals surface area contributed by atoms with Crippen molar-refractivity contribution < 1.29 is 18.8 Å². The molecule has 8 heteroatoms. The van der Waals surface area contributed by atoms with Crippen LogP contribution in [0.25, 0.3) is 11.3 Å². The van der Waals surface area contributed by atoms with Crippen LogP contribution >= 0.6 is 22.6 Å². The van der Waals surface area contributed by atoms with Crippen LogP contribution < -0.4 is 4.74 Å². The van der Waals surface area contributed by atoms with Crippen molar-refractivity contribution in [2.45, 2.75) is 30.8 Å². The molecule has 2 aromatic rings. The lowest BCUT2D eigenvalue weighted by molar-refractivity contribution is 0.0629. The third-order valence-electron chi connectivity index (χ3n) is 5.10. The number of benzene rings is 1. The lowest BCUT2D eigenvalue weighted by Gasteiger charge is -2.31. The van der Waals surface area contributed by atoms with Gasteiger partial charge in [0.25, 0.3) is 0 Å². The summed E-state index contributed by atoms with van der Waals surface area (Å²) in [6.45, 7) is 3.94. The summed E-state index contributed by atoms with van der Waals surface area (Å²) in [4.78, 5) is 19.2. The fourth-order valence-corrected chi connectivity index (χ4v) is 3.93. The molecule has 0 spiro atoms. The van der Waals surface area contributed by atoms with Crippen molar-refractivity contribution in [1.29, 1.82) is 0 Å². The molecule has 3 rings (SSSR count). The number of pyridine rings is 1. The number of hydrogen-bond donors (Lipinski definition) is 0. The highest BCUT2D eigenvalue weighted by atomic mass is 127. The number of halogens is 1. The van der Waals surface area contributed by atoms with Crippen molar-refractivity contribution in [3.63, 3.8) is 0 Å². The monoisotopic (exact) mass is 542 g/mol. The first kappa shape index (κ1) is 23.1. The molecule has 1 amide bonds. The van der Waals surface area contributed by atoms with E-state index in [9.17, 15) is 9.35 Å². The van der Waals surface area contributed by atoms with Gasteiger partial charge in [-0.3, -0.25) is 4.98 Å². The number of carbonyl (C=O) groups is 1. The number of carbonyl (C=O) groups excluding carboxylic acids is 1. The van der Waals surface area contributed by atoms with Crippen molar-refractivity contribution in [3.05, 3.63) is 42.6 Å². The molecular weight excluding hydrogens is 515 g/mol. The number of ether oxygens (including phenoxy) is 2. The molecule has 0 bridgehead atoms. The molecule has 2 unspecified atom stereocenters. The summed E-state index contributed by atoms with van der Waals surface area (Å²) in [5.41, 5.74) is 1.83. The smallest absolute Gasteiger partial charge is 0.410 e. The molecule has 1 aliphatic rings. The predicted molar refractivity (Wildman–Crippen MR) is 127 cm³/mol. The Hall–Kier alpha value is -1.52. The van der Waals surface area contributed by atoms with E-state index < -0.39 is 11.2 Å². The van der Waals surface area contributed by atoms with Crippen LogP contribution in [0.2, 0.25) is 0 Å². The van der Waals surface area contributed by atoms with Crippen LogP contribution in [0, 0.1) is 5.92 Å². The van der Waals surface area contributed by atoms with E-state index in [1.807, 2.05) is 43.3 Å². The first-order valence-electron chi connectivity index (χ1n) is 10.0. The maximum absolute atomic E-state index is 12.1. The minimum atomic E-state index is -0.980. The topological polar surface area (TPSA) is 74.7 Å². The molecule has 1 aromatic carbocycles. The number of amides is 1. The highest BCUT2D eigenvalue weighted by molar-refractivity contribution is 14.1. The summed E-state index contributed by atoms with van der Waals surface area (Å²) in [7, 11) is 0. The van der Waals surface area contributed by atoms with Gasteiger partial charge in [0.15, 0.2) is 4.90 Å². The van der Waals surface area contributed by atoms with Crippen LogP contribution in [0.4, 0.5) is 4.79 Å². The Kier molecular flexibility index (Phi) is 8.64. The van der Waals surface area contributed by atoms with Gasteiger partial charge in [-0.05, 0) is 73.3 Å². The van der Waals surface area contributed by atoms with E-state index in [2.05, 4.69) is 27.6 Å². The first-order valence-corrected chi connectivity index (χ1v) is 13.1. The zero-order valence-corrected chi connectivity index (χ0v) is 20.2. The molecule has 1 aliphatic heterocycles. The number of likely N-dealkylation sites (tertiary alicyclic amines) is 1. The van der Waals surface area contributed by atoms with Crippen molar-refractivity contribution in [2.75, 3.05) is 30.4 Å². The number of hydrogen-bond acceptors (Lipinski definition) is 5. The van der Waals surface area contributed by atoms with E-state index in [4.69, 9.17) is 9.47 Å². The molecule has 1 fully saturated rings. The summed E-state index contributed by atoms with van der Waals surface area (Å²) in [5, 5.41) is 0. The van der Waals surface area contributed by atoms with E-state index in [1.165, 1.54) is 0 Å². The largest absolute Gasteiger partial charge is 0.612 e. The maximum Gasteiger partial charge on any atom is 0.410 e. The van der Waals surface area contributed by atoms with Crippen molar-refractivity contribution in [3.8, 4) is 17.0 Å². The third-order valence-corrected chi connectivity index (χ3v) is 7.27. The molecule has 0 aliphatic carbocycles. The van der Waals surface area contributed by atoms with Crippen LogP contribution in [0.5, 0.6) is 5.75 Å². The summed E-state index contributed by atoms with van der Waals surface area (Å²) < 4.78 is 23.6. The summed E-state index contributed by atoms with van der Waals surface area (Å²) in [6.07, 6.45) is 4.95. The summed E-state index contributed by atoms with van der Waals surface area (Å²) in [5.74, 6) is 1.15. The zero-order valence-electron chi connectivity index (χ0n) is 17.3. The van der Waals surface area contributed by atoms with Gasteiger partial charge in [0, 0.05) is 23.1 Å². The highest BCUT2D eigenvalue weighted by Crippen LogP contribution is 2.23. The van der Waals surface area contributed by atoms with E-state index >= 15 is 0 Å². The predicted octanol–water partition coefficient (Wildman–Crippen LogP) is 4.54. The molecule has 0 saturated carbocycles. The van der Waals surface area contributed by atoms with Gasteiger partial charge in [0.2, 0.25) is 0 Å². The first-order chi connectivity index (χ1) is 14.5. The lowest BCUT2D eigenvalue weighted by Crippen LogP contribution is -2.41. The number of piperidine rings is 1. The second kappa shape index (κ2) is 11.2. The minimum Gasteiger partial charge on any atom is -0.612 e. The second-order valence-electron chi connectivity index (χ2n) is 7.45. The number of alkyl halides is 1. The Balaban J connectivity index is 1.45.